The fourth-order valence-electron chi connectivity index (χ4n) is 3.92. The predicted molar refractivity (Wildman–Crippen MR) is 111 cm³/mol. The molecule has 160 valence electrons. The number of likely N-dealkylation sites (tertiary alicyclic amines) is 1. The standard InChI is InChI=1S/C24H17FN2O5/c25-17-6-3-15(4-7-17)22(28)20-21(16-5-8-18-19(10-16)32-13-31-18)27(24(30)23(20)29)12-14-2-1-9-26-11-14/h1-11,21,28H,12-13H2/t21-/m1/s1. The van der Waals surface area contributed by atoms with Crippen LogP contribution >= 0.6 is 0 Å². The normalized spacial score (nSPS) is 18.9. The summed E-state index contributed by atoms with van der Waals surface area (Å²) in [4.78, 5) is 31.5. The monoisotopic (exact) mass is 432 g/mol. The van der Waals surface area contributed by atoms with Gasteiger partial charge >= 0.3 is 0 Å². The second-order valence-corrected chi connectivity index (χ2v) is 7.41. The first kappa shape index (κ1) is 19.7. The van der Waals surface area contributed by atoms with Crippen molar-refractivity contribution < 1.29 is 28.6 Å². The van der Waals surface area contributed by atoms with Crippen LogP contribution in [-0.4, -0.2) is 33.5 Å². The number of ketones is 1. The van der Waals surface area contributed by atoms with Crippen LogP contribution in [0.2, 0.25) is 0 Å². The van der Waals surface area contributed by atoms with Gasteiger partial charge < -0.3 is 19.5 Å². The maximum atomic E-state index is 13.4. The Balaban J connectivity index is 1.65. The number of carbonyl (C=O) groups excluding carboxylic acids is 2. The lowest BCUT2D eigenvalue weighted by molar-refractivity contribution is -0.140. The maximum absolute atomic E-state index is 13.4. The number of pyridine rings is 1. The molecule has 32 heavy (non-hydrogen) atoms. The first-order chi connectivity index (χ1) is 15.5. The second-order valence-electron chi connectivity index (χ2n) is 7.41. The van der Waals surface area contributed by atoms with Crippen LogP contribution in [0.3, 0.4) is 0 Å². The summed E-state index contributed by atoms with van der Waals surface area (Å²) in [6.45, 7) is 0.182. The molecule has 2 aliphatic heterocycles. The molecular weight excluding hydrogens is 415 g/mol. The Morgan fingerprint density at radius 3 is 2.62 bits per heavy atom. The van der Waals surface area contributed by atoms with Gasteiger partial charge in [-0.25, -0.2) is 4.39 Å². The molecule has 1 aromatic heterocycles. The van der Waals surface area contributed by atoms with Crippen molar-refractivity contribution in [2.75, 3.05) is 6.79 Å². The van der Waals surface area contributed by atoms with Crippen LogP contribution in [-0.2, 0) is 16.1 Å². The van der Waals surface area contributed by atoms with Gasteiger partial charge in [0.25, 0.3) is 11.7 Å². The minimum Gasteiger partial charge on any atom is -0.507 e. The number of Topliss-reactive ketones (excluding diaryl/α,β-unsaturated/α-hetero) is 1. The molecule has 1 saturated heterocycles. The molecule has 0 saturated carbocycles. The molecule has 0 bridgehead atoms. The number of benzene rings is 2. The van der Waals surface area contributed by atoms with E-state index >= 15 is 0 Å². The minimum atomic E-state index is -0.880. The van der Waals surface area contributed by atoms with Gasteiger partial charge in [0, 0.05) is 24.5 Å². The lowest BCUT2D eigenvalue weighted by Crippen LogP contribution is -2.29. The summed E-state index contributed by atoms with van der Waals surface area (Å²) in [7, 11) is 0. The number of aromatic nitrogens is 1. The maximum Gasteiger partial charge on any atom is 0.295 e. The summed E-state index contributed by atoms with van der Waals surface area (Å²) < 4.78 is 24.2. The van der Waals surface area contributed by atoms with Crippen LogP contribution < -0.4 is 9.47 Å². The highest BCUT2D eigenvalue weighted by molar-refractivity contribution is 6.46. The molecule has 0 spiro atoms. The van der Waals surface area contributed by atoms with Gasteiger partial charge in [-0.1, -0.05) is 12.1 Å². The smallest absolute Gasteiger partial charge is 0.295 e. The molecule has 2 aromatic carbocycles. The quantitative estimate of drug-likeness (QED) is 0.385. The molecule has 3 heterocycles. The molecule has 8 heteroatoms. The minimum absolute atomic E-state index is 0.0737. The van der Waals surface area contributed by atoms with E-state index < -0.39 is 23.5 Å². The van der Waals surface area contributed by atoms with Crippen molar-refractivity contribution >= 4 is 17.4 Å². The van der Waals surface area contributed by atoms with Gasteiger partial charge in [0.15, 0.2) is 11.5 Å². The summed E-state index contributed by atoms with van der Waals surface area (Å²) in [5.41, 5.74) is 1.45. The van der Waals surface area contributed by atoms with Gasteiger partial charge in [-0.2, -0.15) is 0 Å². The number of hydrogen-bond donors (Lipinski definition) is 1. The van der Waals surface area contributed by atoms with Crippen LogP contribution in [0.5, 0.6) is 11.5 Å². The Hall–Kier alpha value is -4.20. The molecule has 2 aliphatic rings. The molecule has 1 N–H and O–H groups in total. The lowest BCUT2D eigenvalue weighted by atomic mass is 9.95. The van der Waals surface area contributed by atoms with E-state index in [0.717, 1.165) is 5.56 Å². The summed E-state index contributed by atoms with van der Waals surface area (Å²) in [5.74, 6) is -1.39. The number of ether oxygens (including phenoxy) is 2. The summed E-state index contributed by atoms with van der Waals surface area (Å²) in [5, 5.41) is 11.0. The summed E-state index contributed by atoms with van der Waals surface area (Å²) >= 11 is 0. The fraction of sp³-hybridized carbons (Fsp3) is 0.125. The van der Waals surface area contributed by atoms with Gasteiger partial charge in [-0.05, 0) is 53.6 Å². The second kappa shape index (κ2) is 7.81. The van der Waals surface area contributed by atoms with E-state index in [0.29, 0.717) is 17.1 Å². The van der Waals surface area contributed by atoms with Crippen LogP contribution in [0.25, 0.3) is 5.76 Å². The zero-order valence-corrected chi connectivity index (χ0v) is 16.7. The molecule has 0 aliphatic carbocycles. The number of rotatable bonds is 4. The van der Waals surface area contributed by atoms with Crippen molar-refractivity contribution in [3.8, 4) is 11.5 Å². The molecular formula is C24H17FN2O5. The number of hydrogen-bond acceptors (Lipinski definition) is 6. The third-order valence-corrected chi connectivity index (χ3v) is 5.45. The average molecular weight is 432 g/mol. The van der Waals surface area contributed by atoms with Crippen molar-refractivity contribution in [3.63, 3.8) is 0 Å². The molecule has 1 atom stereocenters. The highest BCUT2D eigenvalue weighted by Gasteiger charge is 2.46. The van der Waals surface area contributed by atoms with Crippen LogP contribution in [0.4, 0.5) is 4.39 Å². The number of amides is 1. The zero-order chi connectivity index (χ0) is 22.2. The van der Waals surface area contributed by atoms with Gasteiger partial charge in [0.2, 0.25) is 6.79 Å². The van der Waals surface area contributed by atoms with Crippen molar-refractivity contribution in [1.29, 1.82) is 0 Å². The molecule has 0 radical (unpaired) electrons. The van der Waals surface area contributed by atoms with E-state index in [1.165, 1.54) is 29.2 Å². The number of halogens is 1. The Morgan fingerprint density at radius 1 is 1.09 bits per heavy atom. The topological polar surface area (TPSA) is 89.0 Å². The number of fused-ring (bicyclic) bond motifs is 1. The largest absolute Gasteiger partial charge is 0.507 e. The summed E-state index contributed by atoms with van der Waals surface area (Å²) in [6.07, 6.45) is 3.22. The number of aliphatic hydroxyl groups is 1. The van der Waals surface area contributed by atoms with Crippen molar-refractivity contribution in [2.45, 2.75) is 12.6 Å². The highest BCUT2D eigenvalue weighted by atomic mass is 19.1. The number of nitrogens with zero attached hydrogens (tertiary/aromatic N) is 2. The van der Waals surface area contributed by atoms with E-state index in [-0.39, 0.29) is 30.2 Å². The molecule has 3 aromatic rings. The molecule has 7 nitrogen and oxygen atoms in total. The first-order valence-corrected chi connectivity index (χ1v) is 9.86. The Labute approximate surface area is 182 Å². The van der Waals surface area contributed by atoms with Gasteiger partial charge in [-0.15, -0.1) is 0 Å². The highest BCUT2D eigenvalue weighted by Crippen LogP contribution is 2.43. The van der Waals surface area contributed by atoms with E-state index in [2.05, 4.69) is 4.98 Å². The number of aliphatic hydroxyl groups excluding tert-OH is 1. The SMILES string of the molecule is O=C1C(=O)N(Cc2cccnc2)[C@H](c2ccc3c(c2)OCO3)C1=C(O)c1ccc(F)cc1. The van der Waals surface area contributed by atoms with Gasteiger partial charge in [-0.3, -0.25) is 14.6 Å². The molecule has 5 rings (SSSR count). The Bertz CT molecular complexity index is 1240. The number of carbonyl (C=O) groups is 2. The van der Waals surface area contributed by atoms with Crippen LogP contribution in [0.1, 0.15) is 22.7 Å². The van der Waals surface area contributed by atoms with Crippen LogP contribution in [0.15, 0.2) is 72.6 Å². The van der Waals surface area contributed by atoms with E-state index in [1.807, 2.05) is 0 Å². The van der Waals surface area contributed by atoms with E-state index in [9.17, 15) is 19.1 Å². The third-order valence-electron chi connectivity index (χ3n) is 5.45. The lowest BCUT2D eigenvalue weighted by Gasteiger charge is -2.25. The molecule has 1 amide bonds. The predicted octanol–water partition coefficient (Wildman–Crippen LogP) is 3.57. The van der Waals surface area contributed by atoms with Crippen molar-refractivity contribution in [2.24, 2.45) is 0 Å². The summed E-state index contributed by atoms with van der Waals surface area (Å²) in [6, 6.07) is 12.8. The van der Waals surface area contributed by atoms with E-state index in [1.54, 1.807) is 42.7 Å². The van der Waals surface area contributed by atoms with Gasteiger partial charge in [0.1, 0.15) is 11.6 Å². The average Bonchev–Trinajstić information content (AvgIpc) is 3.37. The van der Waals surface area contributed by atoms with Crippen molar-refractivity contribution in [3.05, 3.63) is 95.1 Å². The Morgan fingerprint density at radius 2 is 1.88 bits per heavy atom. The zero-order valence-electron chi connectivity index (χ0n) is 16.7. The van der Waals surface area contributed by atoms with Gasteiger partial charge in [0.05, 0.1) is 11.6 Å². The first-order valence-electron chi connectivity index (χ1n) is 9.86. The third kappa shape index (κ3) is 3.35. The van der Waals surface area contributed by atoms with Crippen molar-refractivity contribution in [1.82, 2.24) is 9.88 Å². The Kier molecular flexibility index (Phi) is 4.82. The van der Waals surface area contributed by atoms with E-state index in [4.69, 9.17) is 9.47 Å². The molecule has 0 unspecified atom stereocenters. The molecule has 1 fully saturated rings. The fourth-order valence-corrected chi connectivity index (χ4v) is 3.92. The van der Waals surface area contributed by atoms with Crippen LogP contribution in [0, 0.1) is 5.82 Å².